The van der Waals surface area contributed by atoms with E-state index in [0.717, 1.165) is 0 Å². The number of aromatic nitrogens is 1. The second-order valence-corrected chi connectivity index (χ2v) is 2.63. The third-order valence-corrected chi connectivity index (χ3v) is 1.39. The Labute approximate surface area is 97.5 Å². The Hall–Kier alpha value is -2.75. The van der Waals surface area contributed by atoms with E-state index in [4.69, 9.17) is 5.26 Å². The van der Waals surface area contributed by atoms with Crippen LogP contribution in [0.5, 0.6) is 0 Å². The van der Waals surface area contributed by atoms with Gasteiger partial charge in [0.1, 0.15) is 6.42 Å². The highest BCUT2D eigenvalue weighted by Crippen LogP contribution is 1.85. The van der Waals surface area contributed by atoms with Gasteiger partial charge in [-0.05, 0) is 12.1 Å². The molecule has 0 aromatic carbocycles. The number of urea groups is 1. The van der Waals surface area contributed by atoms with Crippen molar-refractivity contribution >= 4 is 17.8 Å². The molecule has 0 spiro atoms. The number of amides is 4. The van der Waals surface area contributed by atoms with Crippen LogP contribution in [-0.4, -0.2) is 22.8 Å². The van der Waals surface area contributed by atoms with Gasteiger partial charge in [0.15, 0.2) is 0 Å². The Morgan fingerprint density at radius 3 is 1.71 bits per heavy atom. The highest BCUT2D eigenvalue weighted by molar-refractivity contribution is 6.14. The maximum absolute atomic E-state index is 10.3. The van der Waals surface area contributed by atoms with Gasteiger partial charge in [-0.1, -0.05) is 6.07 Å². The molecule has 1 aliphatic rings. The lowest BCUT2D eigenvalue weighted by Gasteiger charge is -2.09. The fourth-order valence-corrected chi connectivity index (χ4v) is 0.831. The molecule has 0 bridgehead atoms. The predicted octanol–water partition coefficient (Wildman–Crippen LogP) is -0.0361. The van der Waals surface area contributed by atoms with E-state index in [9.17, 15) is 14.4 Å². The van der Waals surface area contributed by atoms with Crippen molar-refractivity contribution in [3.8, 4) is 6.57 Å². The number of nitrogens with zero attached hydrogens (tertiary/aromatic N) is 2. The number of carbonyl (C=O) groups is 3. The minimum Gasteiger partial charge on any atom is -0.277 e. The number of carbonyl (C=O) groups excluding carboxylic acids is 3. The predicted molar refractivity (Wildman–Crippen MR) is 57.2 cm³/mol. The van der Waals surface area contributed by atoms with Gasteiger partial charge in [0.05, 0.1) is 0 Å². The van der Waals surface area contributed by atoms with Gasteiger partial charge >= 0.3 is 6.03 Å². The van der Waals surface area contributed by atoms with E-state index in [1.54, 1.807) is 12.4 Å². The van der Waals surface area contributed by atoms with E-state index in [1.807, 2.05) is 28.8 Å². The van der Waals surface area contributed by atoms with Crippen LogP contribution in [-0.2, 0) is 9.59 Å². The molecule has 0 saturated carbocycles. The van der Waals surface area contributed by atoms with E-state index < -0.39 is 17.8 Å². The topological polar surface area (TPSA) is 112 Å². The summed E-state index contributed by atoms with van der Waals surface area (Å²) in [5.41, 5.74) is 0. The maximum Gasteiger partial charge on any atom is 0.328 e. The number of hydrogen-bond acceptors (Lipinski definition) is 5. The smallest absolute Gasteiger partial charge is 0.277 e. The van der Waals surface area contributed by atoms with E-state index in [0.29, 0.717) is 0 Å². The standard InChI is InChI=1S/C5H5N.C4H4N2O3.CHN/c1-2-4-6-5-3-1;7-2-1-3(8)6-4(9)5-2;1-2/h1-5H;1H2,(H2,5,6,7,8,9);1H. The molecule has 2 rings (SSSR count). The minimum atomic E-state index is -0.740. The van der Waals surface area contributed by atoms with E-state index in [-0.39, 0.29) is 6.42 Å². The molecule has 1 aromatic rings. The first-order valence-electron chi connectivity index (χ1n) is 4.43. The van der Waals surface area contributed by atoms with Crippen molar-refractivity contribution in [2.24, 2.45) is 0 Å². The van der Waals surface area contributed by atoms with Crippen LogP contribution in [0, 0.1) is 11.8 Å². The molecule has 0 radical (unpaired) electrons. The van der Waals surface area contributed by atoms with Gasteiger partial charge in [-0.15, -0.1) is 0 Å². The zero-order chi connectivity index (χ0) is 13.1. The van der Waals surface area contributed by atoms with Gasteiger partial charge < -0.3 is 0 Å². The number of hydrogen-bond donors (Lipinski definition) is 2. The van der Waals surface area contributed by atoms with Crippen molar-refractivity contribution in [1.29, 1.82) is 5.26 Å². The summed E-state index contributed by atoms with van der Waals surface area (Å²) in [7, 11) is 0. The summed E-state index contributed by atoms with van der Waals surface area (Å²) < 4.78 is 0. The Balaban J connectivity index is 0.000000278. The SMILES string of the molecule is C#N.O=C1CC(=O)NC(=O)N1.c1ccncc1. The number of imide groups is 2. The quantitative estimate of drug-likeness (QED) is 0.612. The van der Waals surface area contributed by atoms with Crippen molar-refractivity contribution in [3.63, 3.8) is 0 Å². The third kappa shape index (κ3) is 7.21. The van der Waals surface area contributed by atoms with Crippen LogP contribution < -0.4 is 10.6 Å². The molecule has 2 heterocycles. The molecule has 88 valence electrons. The Morgan fingerprint density at radius 2 is 1.47 bits per heavy atom. The molecule has 4 amide bonds. The fourth-order valence-electron chi connectivity index (χ4n) is 0.831. The van der Waals surface area contributed by atoms with Crippen LogP contribution in [0.25, 0.3) is 0 Å². The van der Waals surface area contributed by atoms with Crippen LogP contribution in [0.1, 0.15) is 6.42 Å². The third-order valence-electron chi connectivity index (χ3n) is 1.39. The first kappa shape index (κ1) is 14.2. The maximum atomic E-state index is 10.3. The summed E-state index contributed by atoms with van der Waals surface area (Å²) in [5, 5.41) is 10.3. The molecule has 0 unspecified atom stereocenters. The molecule has 7 nitrogen and oxygen atoms in total. The van der Waals surface area contributed by atoms with Crippen molar-refractivity contribution in [3.05, 3.63) is 30.6 Å². The number of pyridine rings is 1. The number of rotatable bonds is 0. The average Bonchev–Trinajstić information content (AvgIpc) is 2.33. The van der Waals surface area contributed by atoms with Crippen LogP contribution in [0.4, 0.5) is 4.79 Å². The molecule has 1 saturated heterocycles. The summed E-state index contributed by atoms with van der Waals surface area (Å²) in [6, 6.07) is 4.98. The zero-order valence-corrected chi connectivity index (χ0v) is 8.79. The monoisotopic (exact) mass is 234 g/mol. The molecule has 1 fully saturated rings. The Kier molecular flexibility index (Phi) is 7.17. The van der Waals surface area contributed by atoms with Gasteiger partial charge in [-0.2, -0.15) is 0 Å². The minimum absolute atomic E-state index is 0.258. The molecule has 0 atom stereocenters. The first-order valence-corrected chi connectivity index (χ1v) is 4.43. The van der Waals surface area contributed by atoms with Crippen molar-refractivity contribution in [1.82, 2.24) is 15.6 Å². The van der Waals surface area contributed by atoms with E-state index in [1.165, 1.54) is 0 Å². The van der Waals surface area contributed by atoms with Crippen LogP contribution in [0.2, 0.25) is 0 Å². The van der Waals surface area contributed by atoms with Crippen LogP contribution in [0.3, 0.4) is 0 Å². The lowest BCUT2D eigenvalue weighted by Crippen LogP contribution is -2.49. The largest absolute Gasteiger partial charge is 0.328 e. The molecule has 2 N–H and O–H groups in total. The first-order chi connectivity index (χ1) is 8.18. The molecular weight excluding hydrogens is 224 g/mol. The van der Waals surface area contributed by atoms with Gasteiger partial charge in [-0.3, -0.25) is 25.2 Å². The van der Waals surface area contributed by atoms with E-state index >= 15 is 0 Å². The van der Waals surface area contributed by atoms with Crippen LogP contribution in [0.15, 0.2) is 30.6 Å². The summed E-state index contributed by atoms with van der Waals surface area (Å²) in [4.78, 5) is 34.6. The lowest BCUT2D eigenvalue weighted by molar-refractivity contribution is -0.129. The van der Waals surface area contributed by atoms with Gasteiger partial charge in [0.2, 0.25) is 11.8 Å². The average molecular weight is 234 g/mol. The van der Waals surface area contributed by atoms with Crippen LogP contribution >= 0.6 is 0 Å². The second-order valence-electron chi connectivity index (χ2n) is 2.63. The van der Waals surface area contributed by atoms with Crippen molar-refractivity contribution < 1.29 is 14.4 Å². The van der Waals surface area contributed by atoms with Crippen molar-refractivity contribution in [2.45, 2.75) is 6.42 Å². The fraction of sp³-hybridized carbons (Fsp3) is 0.100. The Bertz CT molecular complexity index is 331. The molecular formula is C10H10N4O3. The lowest BCUT2D eigenvalue weighted by atomic mass is 10.3. The normalized spacial score (nSPS) is 12.9. The summed E-state index contributed by atoms with van der Waals surface area (Å²) in [5.74, 6) is -1.10. The summed E-state index contributed by atoms with van der Waals surface area (Å²) in [6.45, 7) is 3.50. The van der Waals surface area contributed by atoms with Gasteiger partial charge in [0, 0.05) is 19.0 Å². The summed E-state index contributed by atoms with van der Waals surface area (Å²) >= 11 is 0. The van der Waals surface area contributed by atoms with Crippen molar-refractivity contribution in [2.75, 3.05) is 0 Å². The molecule has 7 heteroatoms. The number of nitrogens with one attached hydrogen (secondary N) is 2. The number of nitriles is 1. The molecule has 1 aromatic heterocycles. The van der Waals surface area contributed by atoms with E-state index in [2.05, 4.69) is 11.6 Å². The molecule has 0 aliphatic carbocycles. The highest BCUT2D eigenvalue weighted by atomic mass is 16.2. The Morgan fingerprint density at radius 1 is 1.00 bits per heavy atom. The van der Waals surface area contributed by atoms with Gasteiger partial charge in [0.25, 0.3) is 0 Å². The number of barbiturate groups is 1. The molecule has 17 heavy (non-hydrogen) atoms. The zero-order valence-electron chi connectivity index (χ0n) is 8.79. The van der Waals surface area contributed by atoms with Gasteiger partial charge in [-0.25, -0.2) is 10.1 Å². The summed E-state index contributed by atoms with van der Waals surface area (Å²) in [6.07, 6.45) is 3.24. The second kappa shape index (κ2) is 8.55. The molecule has 1 aliphatic heterocycles. The highest BCUT2D eigenvalue weighted by Gasteiger charge is 2.20.